The Bertz CT molecular complexity index is 221. The summed E-state index contributed by atoms with van der Waals surface area (Å²) in [5, 5.41) is 6.53. The predicted octanol–water partition coefficient (Wildman–Crippen LogP) is 1.37. The third kappa shape index (κ3) is 8.10. The van der Waals surface area contributed by atoms with Gasteiger partial charge in [0.15, 0.2) is 5.96 Å². The molecule has 2 N–H and O–H groups in total. The fourth-order valence-corrected chi connectivity index (χ4v) is 1.76. The van der Waals surface area contributed by atoms with Crippen LogP contribution in [0.25, 0.3) is 0 Å². The lowest BCUT2D eigenvalue weighted by Crippen LogP contribution is -2.41. The summed E-state index contributed by atoms with van der Waals surface area (Å²) in [4.78, 5) is 4.16. The first-order chi connectivity index (χ1) is 8.36. The molecule has 6 heteroatoms. The molecule has 1 heterocycles. The summed E-state index contributed by atoms with van der Waals surface area (Å²) in [5.41, 5.74) is 0. The lowest BCUT2D eigenvalue weighted by molar-refractivity contribution is 0.113. The van der Waals surface area contributed by atoms with Crippen molar-refractivity contribution in [3.8, 4) is 0 Å². The number of nitrogens with zero attached hydrogens (tertiary/aromatic N) is 1. The zero-order chi connectivity index (χ0) is 12.3. The highest BCUT2D eigenvalue weighted by Gasteiger charge is 2.15. The Hall–Kier alpha value is -0.0800. The van der Waals surface area contributed by atoms with Gasteiger partial charge in [0.05, 0.1) is 6.10 Å². The van der Waals surface area contributed by atoms with E-state index in [1.54, 1.807) is 7.05 Å². The molecule has 1 fully saturated rings. The summed E-state index contributed by atoms with van der Waals surface area (Å²) >= 11 is 0. The molecule has 0 saturated carbocycles. The number of hydrogen-bond acceptors (Lipinski definition) is 3. The van der Waals surface area contributed by atoms with E-state index in [0.717, 1.165) is 51.7 Å². The van der Waals surface area contributed by atoms with Gasteiger partial charge in [0.1, 0.15) is 0 Å². The van der Waals surface area contributed by atoms with Crippen LogP contribution in [-0.2, 0) is 9.47 Å². The zero-order valence-electron chi connectivity index (χ0n) is 11.4. The number of guanidine groups is 1. The first-order valence-corrected chi connectivity index (χ1v) is 6.50. The Balaban J connectivity index is 0.00000289. The van der Waals surface area contributed by atoms with Crippen LogP contribution in [0.15, 0.2) is 4.99 Å². The third-order valence-corrected chi connectivity index (χ3v) is 2.71. The largest absolute Gasteiger partial charge is 0.382 e. The Labute approximate surface area is 127 Å². The van der Waals surface area contributed by atoms with Crippen molar-refractivity contribution in [1.82, 2.24) is 10.6 Å². The summed E-state index contributed by atoms with van der Waals surface area (Å²) in [6, 6.07) is 0. The number of halogens is 1. The van der Waals surface area contributed by atoms with E-state index in [0.29, 0.717) is 6.10 Å². The molecule has 1 rings (SSSR count). The van der Waals surface area contributed by atoms with Gasteiger partial charge in [0.2, 0.25) is 0 Å². The monoisotopic (exact) mass is 371 g/mol. The second-order valence-corrected chi connectivity index (χ2v) is 4.07. The smallest absolute Gasteiger partial charge is 0.191 e. The van der Waals surface area contributed by atoms with Crippen LogP contribution in [0.4, 0.5) is 0 Å². The second-order valence-electron chi connectivity index (χ2n) is 4.07. The lowest BCUT2D eigenvalue weighted by Gasteiger charge is -2.14. The van der Waals surface area contributed by atoms with Gasteiger partial charge in [-0.3, -0.25) is 4.99 Å². The minimum absolute atomic E-state index is 0. The predicted molar refractivity (Wildman–Crippen MR) is 84.9 cm³/mol. The molecule has 0 bridgehead atoms. The molecular formula is C12H26IN3O2. The number of rotatable bonds is 7. The molecular weight excluding hydrogens is 345 g/mol. The Morgan fingerprint density at radius 1 is 1.44 bits per heavy atom. The fourth-order valence-electron chi connectivity index (χ4n) is 1.76. The van der Waals surface area contributed by atoms with Crippen molar-refractivity contribution < 1.29 is 9.47 Å². The van der Waals surface area contributed by atoms with Crippen LogP contribution in [-0.4, -0.2) is 52.0 Å². The summed E-state index contributed by atoms with van der Waals surface area (Å²) in [6.45, 7) is 6.21. The van der Waals surface area contributed by atoms with Crippen molar-refractivity contribution in [1.29, 1.82) is 0 Å². The molecule has 0 amide bonds. The van der Waals surface area contributed by atoms with Crippen molar-refractivity contribution in [3.05, 3.63) is 0 Å². The van der Waals surface area contributed by atoms with Crippen LogP contribution in [0.2, 0.25) is 0 Å². The van der Waals surface area contributed by atoms with Gasteiger partial charge in [-0.1, -0.05) is 0 Å². The van der Waals surface area contributed by atoms with Gasteiger partial charge in [-0.05, 0) is 26.2 Å². The van der Waals surface area contributed by atoms with Gasteiger partial charge in [0.25, 0.3) is 0 Å². The molecule has 0 aliphatic carbocycles. The van der Waals surface area contributed by atoms with Gasteiger partial charge in [-0.2, -0.15) is 0 Å². The maximum atomic E-state index is 5.54. The minimum atomic E-state index is 0. The van der Waals surface area contributed by atoms with Crippen LogP contribution in [0.3, 0.4) is 0 Å². The average Bonchev–Trinajstić information content (AvgIpc) is 2.86. The van der Waals surface area contributed by atoms with Crippen LogP contribution in [0.1, 0.15) is 26.2 Å². The van der Waals surface area contributed by atoms with Crippen molar-refractivity contribution in [3.63, 3.8) is 0 Å². The molecule has 1 atom stereocenters. The molecule has 1 aliphatic heterocycles. The molecule has 108 valence electrons. The molecule has 0 aromatic heterocycles. The molecule has 0 radical (unpaired) electrons. The van der Waals surface area contributed by atoms with E-state index in [9.17, 15) is 0 Å². The minimum Gasteiger partial charge on any atom is -0.382 e. The number of hydrogen-bond donors (Lipinski definition) is 2. The van der Waals surface area contributed by atoms with Crippen molar-refractivity contribution in [2.45, 2.75) is 32.3 Å². The van der Waals surface area contributed by atoms with E-state index in [4.69, 9.17) is 9.47 Å². The van der Waals surface area contributed by atoms with Crippen molar-refractivity contribution in [2.75, 3.05) is 40.0 Å². The second kappa shape index (κ2) is 12.0. The van der Waals surface area contributed by atoms with Crippen LogP contribution in [0, 0.1) is 0 Å². The Morgan fingerprint density at radius 3 is 2.89 bits per heavy atom. The first kappa shape index (κ1) is 17.9. The van der Waals surface area contributed by atoms with E-state index in [1.807, 2.05) is 6.92 Å². The summed E-state index contributed by atoms with van der Waals surface area (Å²) in [5.74, 6) is 0.844. The van der Waals surface area contributed by atoms with E-state index in [1.165, 1.54) is 6.42 Å². The standard InChI is InChI=1S/C12H25N3O2.HI/c1-3-16-8-5-7-14-12(13-2)15-10-11-6-4-9-17-11;/h11H,3-10H2,1-2H3,(H2,13,14,15);1H. The SMILES string of the molecule is CCOCCCNC(=NC)NCC1CCCO1.I. The van der Waals surface area contributed by atoms with Gasteiger partial charge in [-0.15, -0.1) is 24.0 Å². The van der Waals surface area contributed by atoms with Crippen molar-refractivity contribution in [2.24, 2.45) is 4.99 Å². The highest BCUT2D eigenvalue weighted by molar-refractivity contribution is 14.0. The van der Waals surface area contributed by atoms with Gasteiger partial charge in [-0.25, -0.2) is 0 Å². The van der Waals surface area contributed by atoms with Gasteiger partial charge >= 0.3 is 0 Å². The molecule has 0 aromatic rings. The topological polar surface area (TPSA) is 54.9 Å². The van der Waals surface area contributed by atoms with Crippen LogP contribution in [0.5, 0.6) is 0 Å². The van der Waals surface area contributed by atoms with Crippen molar-refractivity contribution >= 4 is 29.9 Å². The first-order valence-electron chi connectivity index (χ1n) is 6.50. The normalized spacial score (nSPS) is 19.4. The average molecular weight is 371 g/mol. The lowest BCUT2D eigenvalue weighted by atomic mass is 10.2. The molecule has 0 spiro atoms. The molecule has 1 aliphatic rings. The maximum Gasteiger partial charge on any atom is 0.191 e. The van der Waals surface area contributed by atoms with Gasteiger partial charge < -0.3 is 20.1 Å². The molecule has 18 heavy (non-hydrogen) atoms. The third-order valence-electron chi connectivity index (χ3n) is 2.71. The molecule has 1 saturated heterocycles. The highest BCUT2D eigenvalue weighted by atomic mass is 127. The summed E-state index contributed by atoms with van der Waals surface area (Å²) < 4.78 is 10.8. The fraction of sp³-hybridized carbons (Fsp3) is 0.917. The Morgan fingerprint density at radius 2 is 2.28 bits per heavy atom. The number of aliphatic imine (C=N–C) groups is 1. The highest BCUT2D eigenvalue weighted by Crippen LogP contribution is 2.10. The Kier molecular flexibility index (Phi) is 11.9. The molecule has 5 nitrogen and oxygen atoms in total. The van der Waals surface area contributed by atoms with Gasteiger partial charge in [0, 0.05) is 40.0 Å². The summed E-state index contributed by atoms with van der Waals surface area (Å²) in [7, 11) is 1.79. The number of ether oxygens (including phenoxy) is 2. The van der Waals surface area contributed by atoms with E-state index in [-0.39, 0.29) is 24.0 Å². The molecule has 0 aromatic carbocycles. The van der Waals surface area contributed by atoms with E-state index >= 15 is 0 Å². The quantitative estimate of drug-likeness (QED) is 0.307. The van der Waals surface area contributed by atoms with Crippen LogP contribution >= 0.6 is 24.0 Å². The van der Waals surface area contributed by atoms with E-state index < -0.39 is 0 Å². The summed E-state index contributed by atoms with van der Waals surface area (Å²) in [6.07, 6.45) is 3.66. The zero-order valence-corrected chi connectivity index (χ0v) is 13.7. The maximum absolute atomic E-state index is 5.54. The van der Waals surface area contributed by atoms with E-state index in [2.05, 4.69) is 15.6 Å². The number of nitrogens with one attached hydrogen (secondary N) is 2. The molecule has 1 unspecified atom stereocenters. The van der Waals surface area contributed by atoms with Crippen LogP contribution < -0.4 is 10.6 Å².